The number of carbonyl (C=O) groups is 1. The summed E-state index contributed by atoms with van der Waals surface area (Å²) >= 11 is 0. The second kappa shape index (κ2) is 3.54. The maximum absolute atomic E-state index is 11.2. The van der Waals surface area contributed by atoms with E-state index in [-0.39, 0.29) is 5.91 Å². The Balaban J connectivity index is 2.96. The summed E-state index contributed by atoms with van der Waals surface area (Å²) in [6.07, 6.45) is 2.38. The van der Waals surface area contributed by atoms with Crippen LogP contribution in [-0.4, -0.2) is 12.5 Å². The SMILES string of the molecule is CC1=CC(C)=C(CN)CC(=O)N1. The Bertz CT molecular complexity index is 264. The summed E-state index contributed by atoms with van der Waals surface area (Å²) in [5, 5.41) is 2.76. The first-order valence-electron chi connectivity index (χ1n) is 4.00. The fourth-order valence-electron chi connectivity index (χ4n) is 1.29. The van der Waals surface area contributed by atoms with Gasteiger partial charge >= 0.3 is 0 Å². The van der Waals surface area contributed by atoms with Crippen LogP contribution in [0.15, 0.2) is 22.9 Å². The van der Waals surface area contributed by atoms with Crippen LogP contribution in [0.2, 0.25) is 0 Å². The van der Waals surface area contributed by atoms with Crippen molar-refractivity contribution in [2.24, 2.45) is 5.73 Å². The molecular formula is C9H14N2O. The Morgan fingerprint density at radius 3 is 2.83 bits per heavy atom. The number of hydrogen-bond donors (Lipinski definition) is 2. The van der Waals surface area contributed by atoms with Gasteiger partial charge in [0.2, 0.25) is 5.91 Å². The summed E-state index contributed by atoms with van der Waals surface area (Å²) in [5.41, 5.74) is 8.52. The number of allylic oxidation sites excluding steroid dienone is 3. The van der Waals surface area contributed by atoms with Crippen molar-refractivity contribution in [2.75, 3.05) is 6.54 Å². The molecule has 1 amide bonds. The van der Waals surface area contributed by atoms with Gasteiger partial charge in [-0.1, -0.05) is 0 Å². The van der Waals surface area contributed by atoms with E-state index in [1.54, 1.807) is 0 Å². The second-order valence-corrected chi connectivity index (χ2v) is 3.04. The van der Waals surface area contributed by atoms with E-state index in [0.29, 0.717) is 13.0 Å². The van der Waals surface area contributed by atoms with Gasteiger partial charge in [0.25, 0.3) is 0 Å². The van der Waals surface area contributed by atoms with Gasteiger partial charge < -0.3 is 11.1 Å². The summed E-state index contributed by atoms with van der Waals surface area (Å²) in [4.78, 5) is 11.2. The summed E-state index contributed by atoms with van der Waals surface area (Å²) in [6, 6.07) is 0. The minimum atomic E-state index is 0.0288. The third-order valence-electron chi connectivity index (χ3n) is 1.95. The molecule has 0 fully saturated rings. The van der Waals surface area contributed by atoms with E-state index in [1.807, 2.05) is 19.9 Å². The molecule has 3 nitrogen and oxygen atoms in total. The fourth-order valence-corrected chi connectivity index (χ4v) is 1.29. The van der Waals surface area contributed by atoms with Crippen LogP contribution >= 0.6 is 0 Å². The number of hydrogen-bond acceptors (Lipinski definition) is 2. The molecule has 0 aromatic carbocycles. The molecule has 3 N–H and O–H groups in total. The van der Waals surface area contributed by atoms with E-state index in [0.717, 1.165) is 16.8 Å². The lowest BCUT2D eigenvalue weighted by Gasteiger charge is -2.02. The Hall–Kier alpha value is -1.09. The smallest absolute Gasteiger partial charge is 0.228 e. The Labute approximate surface area is 72.3 Å². The monoisotopic (exact) mass is 166 g/mol. The molecule has 1 rings (SSSR count). The minimum absolute atomic E-state index is 0.0288. The van der Waals surface area contributed by atoms with Gasteiger partial charge in [-0.15, -0.1) is 0 Å². The minimum Gasteiger partial charge on any atom is -0.330 e. The van der Waals surface area contributed by atoms with Crippen LogP contribution in [0.5, 0.6) is 0 Å². The predicted octanol–water partition coefficient (Wildman–Crippen LogP) is 0.685. The normalized spacial score (nSPS) is 18.6. The van der Waals surface area contributed by atoms with Crippen molar-refractivity contribution in [3.63, 3.8) is 0 Å². The summed E-state index contributed by atoms with van der Waals surface area (Å²) in [6.45, 7) is 4.32. The lowest BCUT2D eigenvalue weighted by molar-refractivity contribution is -0.119. The van der Waals surface area contributed by atoms with Crippen LogP contribution in [0.4, 0.5) is 0 Å². The van der Waals surface area contributed by atoms with Crippen molar-refractivity contribution >= 4 is 5.91 Å². The quantitative estimate of drug-likeness (QED) is 0.602. The molecule has 0 aromatic rings. The molecule has 0 bridgehead atoms. The standard InChI is InChI=1S/C9H14N2O/c1-6-3-7(2)11-9(12)4-8(6)5-10/h3H,4-5,10H2,1-2H3,(H,11,12). The zero-order chi connectivity index (χ0) is 9.14. The number of nitrogens with two attached hydrogens (primary N) is 1. The van der Waals surface area contributed by atoms with Gasteiger partial charge in [-0.05, 0) is 31.1 Å². The van der Waals surface area contributed by atoms with Crippen LogP contribution in [0.1, 0.15) is 20.3 Å². The van der Waals surface area contributed by atoms with Gasteiger partial charge in [0.15, 0.2) is 0 Å². The highest BCUT2D eigenvalue weighted by Gasteiger charge is 2.10. The topological polar surface area (TPSA) is 55.1 Å². The second-order valence-electron chi connectivity index (χ2n) is 3.04. The van der Waals surface area contributed by atoms with Crippen molar-refractivity contribution in [1.29, 1.82) is 0 Å². The van der Waals surface area contributed by atoms with Gasteiger partial charge in [-0.25, -0.2) is 0 Å². The summed E-state index contributed by atoms with van der Waals surface area (Å²) < 4.78 is 0. The largest absolute Gasteiger partial charge is 0.330 e. The molecule has 0 spiro atoms. The van der Waals surface area contributed by atoms with E-state index in [1.165, 1.54) is 0 Å². The van der Waals surface area contributed by atoms with E-state index >= 15 is 0 Å². The van der Waals surface area contributed by atoms with Crippen LogP contribution < -0.4 is 11.1 Å². The molecule has 66 valence electrons. The highest BCUT2D eigenvalue weighted by atomic mass is 16.1. The molecule has 0 atom stereocenters. The van der Waals surface area contributed by atoms with Crippen LogP contribution in [0.25, 0.3) is 0 Å². The molecule has 3 heteroatoms. The molecule has 1 aliphatic rings. The van der Waals surface area contributed by atoms with Crippen LogP contribution in [-0.2, 0) is 4.79 Å². The van der Waals surface area contributed by atoms with E-state index in [4.69, 9.17) is 5.73 Å². The Morgan fingerprint density at radius 1 is 1.58 bits per heavy atom. The van der Waals surface area contributed by atoms with Crippen molar-refractivity contribution < 1.29 is 4.79 Å². The van der Waals surface area contributed by atoms with Crippen LogP contribution in [0, 0.1) is 0 Å². The first-order chi connectivity index (χ1) is 5.63. The first kappa shape index (κ1) is 9.00. The van der Waals surface area contributed by atoms with Crippen molar-refractivity contribution in [3.8, 4) is 0 Å². The van der Waals surface area contributed by atoms with Crippen molar-refractivity contribution in [3.05, 3.63) is 22.9 Å². The van der Waals surface area contributed by atoms with E-state index in [9.17, 15) is 4.79 Å². The first-order valence-corrected chi connectivity index (χ1v) is 4.00. The zero-order valence-electron chi connectivity index (χ0n) is 7.48. The molecular weight excluding hydrogens is 152 g/mol. The van der Waals surface area contributed by atoms with Crippen LogP contribution in [0.3, 0.4) is 0 Å². The lowest BCUT2D eigenvalue weighted by atomic mass is 10.1. The Morgan fingerprint density at radius 2 is 2.25 bits per heavy atom. The number of carbonyl (C=O) groups excluding carboxylic acids is 1. The number of nitrogens with one attached hydrogen (secondary N) is 1. The average molecular weight is 166 g/mol. The molecule has 0 saturated heterocycles. The molecule has 1 heterocycles. The van der Waals surface area contributed by atoms with E-state index < -0.39 is 0 Å². The Kier molecular flexibility index (Phi) is 2.65. The average Bonchev–Trinajstić information content (AvgIpc) is 2.09. The molecule has 0 unspecified atom stereocenters. The highest BCUT2D eigenvalue weighted by Crippen LogP contribution is 2.13. The number of rotatable bonds is 1. The van der Waals surface area contributed by atoms with Gasteiger partial charge in [0.1, 0.15) is 0 Å². The maximum Gasteiger partial charge on any atom is 0.228 e. The van der Waals surface area contributed by atoms with Gasteiger partial charge in [0, 0.05) is 18.7 Å². The van der Waals surface area contributed by atoms with Gasteiger partial charge in [-0.3, -0.25) is 4.79 Å². The molecule has 12 heavy (non-hydrogen) atoms. The van der Waals surface area contributed by atoms with Crippen molar-refractivity contribution in [1.82, 2.24) is 5.32 Å². The highest BCUT2D eigenvalue weighted by molar-refractivity contribution is 5.81. The molecule has 0 radical (unpaired) electrons. The third kappa shape index (κ3) is 1.95. The van der Waals surface area contributed by atoms with Gasteiger partial charge in [-0.2, -0.15) is 0 Å². The maximum atomic E-state index is 11.2. The predicted molar refractivity (Wildman–Crippen MR) is 48.3 cm³/mol. The molecule has 0 saturated carbocycles. The van der Waals surface area contributed by atoms with Gasteiger partial charge in [0.05, 0.1) is 0 Å². The molecule has 0 aliphatic carbocycles. The summed E-state index contributed by atoms with van der Waals surface area (Å²) in [7, 11) is 0. The fraction of sp³-hybridized carbons (Fsp3) is 0.444. The van der Waals surface area contributed by atoms with Crippen molar-refractivity contribution in [2.45, 2.75) is 20.3 Å². The lowest BCUT2D eigenvalue weighted by Crippen LogP contribution is -2.21. The zero-order valence-corrected chi connectivity index (χ0v) is 7.48. The summed E-state index contributed by atoms with van der Waals surface area (Å²) in [5.74, 6) is 0.0288. The third-order valence-corrected chi connectivity index (χ3v) is 1.95. The molecule has 1 aliphatic heterocycles. The number of amides is 1. The van der Waals surface area contributed by atoms with E-state index in [2.05, 4.69) is 5.32 Å². The molecule has 0 aromatic heterocycles.